The molecule has 3 nitrogen and oxygen atoms in total. The summed E-state index contributed by atoms with van der Waals surface area (Å²) < 4.78 is 0. The monoisotopic (exact) mass is 294 g/mol. The van der Waals surface area contributed by atoms with Crippen LogP contribution in [0, 0.1) is 23.7 Å². The molecule has 1 aliphatic carbocycles. The van der Waals surface area contributed by atoms with E-state index in [4.69, 9.17) is 0 Å². The summed E-state index contributed by atoms with van der Waals surface area (Å²) in [7, 11) is 0. The van der Waals surface area contributed by atoms with Gasteiger partial charge < -0.3 is 4.90 Å². The summed E-state index contributed by atoms with van der Waals surface area (Å²) >= 11 is 0. The van der Waals surface area contributed by atoms with E-state index in [1.807, 2.05) is 0 Å². The van der Waals surface area contributed by atoms with Crippen molar-refractivity contribution in [3.05, 3.63) is 0 Å². The van der Waals surface area contributed by atoms with Crippen LogP contribution in [0.3, 0.4) is 0 Å². The summed E-state index contributed by atoms with van der Waals surface area (Å²) in [6.07, 6.45) is 5.06. The van der Waals surface area contributed by atoms with Gasteiger partial charge in [-0.05, 0) is 36.5 Å². The van der Waals surface area contributed by atoms with Crippen LogP contribution in [0.1, 0.15) is 67.2 Å². The first-order chi connectivity index (χ1) is 9.82. The Bertz CT molecular complexity index is 366. The number of nitrogens with zero attached hydrogens (tertiary/aromatic N) is 1. The molecule has 2 fully saturated rings. The van der Waals surface area contributed by atoms with Crippen LogP contribution in [0.5, 0.6) is 0 Å². The largest absolute Gasteiger partial charge is 0.323 e. The van der Waals surface area contributed by atoms with E-state index < -0.39 is 0 Å². The SMILES string of the molecule is CC(C)CC1NC(C(C)C)C(=O)N1C1CCCC(C)C1C. The normalized spacial score (nSPS) is 37.8. The van der Waals surface area contributed by atoms with E-state index in [1.54, 1.807) is 0 Å². The van der Waals surface area contributed by atoms with Gasteiger partial charge in [0.15, 0.2) is 0 Å². The molecule has 5 atom stereocenters. The standard InChI is InChI=1S/C18H34N2O/c1-11(2)10-16-19-17(12(3)4)18(21)20(16)15-9-7-8-13(5)14(15)6/h11-17,19H,7-10H2,1-6H3. The molecular formula is C18H34N2O. The van der Waals surface area contributed by atoms with Gasteiger partial charge in [-0.15, -0.1) is 0 Å². The molecule has 0 bridgehead atoms. The second kappa shape index (κ2) is 6.68. The minimum absolute atomic E-state index is 0.0122. The molecule has 1 heterocycles. The molecule has 0 aromatic rings. The number of hydrogen-bond donors (Lipinski definition) is 1. The molecule has 5 unspecified atom stereocenters. The average Bonchev–Trinajstić information content (AvgIpc) is 2.69. The molecule has 1 N–H and O–H groups in total. The van der Waals surface area contributed by atoms with Crippen LogP contribution in [-0.2, 0) is 4.79 Å². The summed E-state index contributed by atoms with van der Waals surface area (Å²) in [6.45, 7) is 13.5. The van der Waals surface area contributed by atoms with Gasteiger partial charge in [0.05, 0.1) is 12.2 Å². The third-order valence-corrected chi connectivity index (χ3v) is 5.61. The molecule has 3 heteroatoms. The van der Waals surface area contributed by atoms with Gasteiger partial charge in [0.25, 0.3) is 0 Å². The lowest BCUT2D eigenvalue weighted by Crippen LogP contribution is -2.50. The zero-order valence-electron chi connectivity index (χ0n) is 14.7. The number of rotatable bonds is 4. The molecule has 122 valence electrons. The maximum Gasteiger partial charge on any atom is 0.241 e. The lowest BCUT2D eigenvalue weighted by atomic mass is 9.77. The third-order valence-electron chi connectivity index (χ3n) is 5.61. The first-order valence-electron chi connectivity index (χ1n) is 8.91. The van der Waals surface area contributed by atoms with E-state index in [9.17, 15) is 4.79 Å². The Morgan fingerprint density at radius 2 is 1.86 bits per heavy atom. The van der Waals surface area contributed by atoms with Gasteiger partial charge >= 0.3 is 0 Å². The summed E-state index contributed by atoms with van der Waals surface area (Å²) in [5.41, 5.74) is 0. The van der Waals surface area contributed by atoms with Gasteiger partial charge in [0.1, 0.15) is 0 Å². The first-order valence-corrected chi connectivity index (χ1v) is 8.91. The van der Waals surface area contributed by atoms with Crippen LogP contribution in [0.2, 0.25) is 0 Å². The topological polar surface area (TPSA) is 32.3 Å². The Hall–Kier alpha value is -0.570. The van der Waals surface area contributed by atoms with E-state index in [0.29, 0.717) is 29.7 Å². The van der Waals surface area contributed by atoms with Crippen molar-refractivity contribution in [1.82, 2.24) is 10.2 Å². The smallest absolute Gasteiger partial charge is 0.241 e. The molecule has 0 aromatic carbocycles. The fourth-order valence-corrected chi connectivity index (χ4v) is 4.12. The summed E-state index contributed by atoms with van der Waals surface area (Å²) in [6, 6.07) is 0.444. The number of carbonyl (C=O) groups excluding carboxylic acids is 1. The maximum absolute atomic E-state index is 13.0. The van der Waals surface area contributed by atoms with Crippen LogP contribution in [0.4, 0.5) is 0 Å². The molecule has 1 aliphatic heterocycles. The minimum Gasteiger partial charge on any atom is -0.323 e. The molecule has 0 radical (unpaired) electrons. The highest BCUT2D eigenvalue weighted by molar-refractivity contribution is 5.85. The lowest BCUT2D eigenvalue weighted by molar-refractivity contribution is -0.135. The maximum atomic E-state index is 13.0. The van der Waals surface area contributed by atoms with Gasteiger partial charge in [-0.2, -0.15) is 0 Å². The molecule has 2 rings (SSSR count). The van der Waals surface area contributed by atoms with Crippen molar-refractivity contribution in [2.75, 3.05) is 0 Å². The minimum atomic E-state index is 0.0122. The van der Waals surface area contributed by atoms with Crippen molar-refractivity contribution in [2.45, 2.75) is 85.5 Å². The third kappa shape index (κ3) is 3.44. The highest BCUT2D eigenvalue weighted by atomic mass is 16.2. The highest BCUT2D eigenvalue weighted by Crippen LogP contribution is 2.36. The second-order valence-corrected chi connectivity index (χ2v) is 8.11. The molecule has 2 aliphatic rings. The molecule has 0 aromatic heterocycles. The van der Waals surface area contributed by atoms with Crippen molar-refractivity contribution in [1.29, 1.82) is 0 Å². The number of nitrogens with one attached hydrogen (secondary N) is 1. The van der Waals surface area contributed by atoms with Crippen molar-refractivity contribution >= 4 is 5.91 Å². The van der Waals surface area contributed by atoms with Crippen molar-refractivity contribution in [3.8, 4) is 0 Å². The zero-order chi connectivity index (χ0) is 15.7. The van der Waals surface area contributed by atoms with Crippen molar-refractivity contribution in [2.24, 2.45) is 23.7 Å². The van der Waals surface area contributed by atoms with Crippen LogP contribution in [-0.4, -0.2) is 29.1 Å². The Balaban J connectivity index is 2.21. The predicted octanol–water partition coefficient (Wildman–Crippen LogP) is 3.64. The van der Waals surface area contributed by atoms with E-state index in [0.717, 1.165) is 12.3 Å². The summed E-state index contributed by atoms with van der Waals surface area (Å²) in [4.78, 5) is 15.2. The van der Waals surface area contributed by atoms with Crippen LogP contribution in [0.15, 0.2) is 0 Å². The quantitative estimate of drug-likeness (QED) is 0.858. The fourth-order valence-electron chi connectivity index (χ4n) is 4.12. The molecule has 0 spiro atoms. The Kier molecular flexibility index (Phi) is 5.34. The number of amides is 1. The van der Waals surface area contributed by atoms with Crippen molar-refractivity contribution in [3.63, 3.8) is 0 Å². The predicted molar refractivity (Wildman–Crippen MR) is 87.8 cm³/mol. The molecule has 1 amide bonds. The second-order valence-electron chi connectivity index (χ2n) is 8.11. The molecule has 1 saturated carbocycles. The average molecular weight is 294 g/mol. The van der Waals surface area contributed by atoms with E-state index in [-0.39, 0.29) is 12.2 Å². The Morgan fingerprint density at radius 1 is 1.19 bits per heavy atom. The molecule has 21 heavy (non-hydrogen) atoms. The van der Waals surface area contributed by atoms with E-state index in [1.165, 1.54) is 19.3 Å². The fraction of sp³-hybridized carbons (Fsp3) is 0.944. The summed E-state index contributed by atoms with van der Waals surface area (Å²) in [5.74, 6) is 2.68. The highest BCUT2D eigenvalue weighted by Gasteiger charge is 2.46. The Morgan fingerprint density at radius 3 is 2.43 bits per heavy atom. The molecule has 1 saturated heterocycles. The number of carbonyl (C=O) groups is 1. The zero-order valence-corrected chi connectivity index (χ0v) is 14.7. The van der Waals surface area contributed by atoms with Gasteiger partial charge in [-0.25, -0.2) is 0 Å². The summed E-state index contributed by atoms with van der Waals surface area (Å²) in [5, 5.41) is 3.63. The lowest BCUT2D eigenvalue weighted by Gasteiger charge is -2.42. The van der Waals surface area contributed by atoms with Gasteiger partial charge in [-0.1, -0.05) is 54.4 Å². The van der Waals surface area contributed by atoms with Gasteiger partial charge in [-0.3, -0.25) is 10.1 Å². The van der Waals surface area contributed by atoms with Gasteiger partial charge in [0.2, 0.25) is 5.91 Å². The van der Waals surface area contributed by atoms with Crippen molar-refractivity contribution < 1.29 is 4.79 Å². The van der Waals surface area contributed by atoms with Gasteiger partial charge in [0, 0.05) is 6.04 Å². The van der Waals surface area contributed by atoms with Crippen LogP contribution < -0.4 is 5.32 Å². The van der Waals surface area contributed by atoms with E-state index >= 15 is 0 Å². The van der Waals surface area contributed by atoms with Crippen LogP contribution >= 0.6 is 0 Å². The number of hydrogen-bond acceptors (Lipinski definition) is 2. The molecular weight excluding hydrogens is 260 g/mol. The Labute approximate surface area is 130 Å². The first kappa shape index (κ1) is 16.8. The van der Waals surface area contributed by atoms with E-state index in [2.05, 4.69) is 51.8 Å². The van der Waals surface area contributed by atoms with Crippen LogP contribution in [0.25, 0.3) is 0 Å².